The molecule has 22 heteroatoms. The molecular weight excluding hydrogens is 1020 g/mol. The highest BCUT2D eigenvalue weighted by Gasteiger charge is 2.56. The van der Waals surface area contributed by atoms with E-state index < -0.39 is 66.8 Å². The lowest BCUT2D eigenvalue weighted by Crippen LogP contribution is -2.50. The molecule has 3 fully saturated rings. The molecule has 0 spiro atoms. The third-order valence-electron chi connectivity index (χ3n) is 14.0. The maximum Gasteiger partial charge on any atom is 0.416 e. The minimum atomic E-state index is -4.60. The Morgan fingerprint density at radius 3 is 2.11 bits per heavy atom. The van der Waals surface area contributed by atoms with Crippen molar-refractivity contribution < 1.29 is 59.3 Å². The number of hydrogen-bond acceptors (Lipinski definition) is 11. The van der Waals surface area contributed by atoms with Crippen molar-refractivity contribution in [1.82, 2.24) is 24.4 Å². The Balaban J connectivity index is 0.867. The first-order valence-corrected chi connectivity index (χ1v) is 27.4. The molecule has 4 heterocycles. The summed E-state index contributed by atoms with van der Waals surface area (Å²) in [5.41, 5.74) is -0.859. The highest BCUT2D eigenvalue weighted by molar-refractivity contribution is 8.45. The lowest BCUT2D eigenvalue weighted by atomic mass is 9.94. The van der Waals surface area contributed by atoms with Gasteiger partial charge in [0, 0.05) is 77.3 Å². The van der Waals surface area contributed by atoms with Crippen molar-refractivity contribution in [2.45, 2.75) is 85.0 Å². The fraction of sp³-hybridized carbons (Fsp3) is 0.358. The number of ether oxygens (including phenoxy) is 3. The number of halogens is 5. The molecule has 1 amide bonds. The monoisotopic (exact) mass is 1080 g/mol. The number of carboxylic acid groups (broad SMARTS) is 1. The molecule has 2 unspecified atom stereocenters. The van der Waals surface area contributed by atoms with Gasteiger partial charge in [-0.1, -0.05) is 12.1 Å². The first-order chi connectivity index (χ1) is 35.6. The Morgan fingerprint density at radius 1 is 0.907 bits per heavy atom. The second-order valence-corrected chi connectivity index (χ2v) is 24.2. The molecule has 0 bridgehead atoms. The number of nitrogens with zero attached hydrogens (tertiary/aromatic N) is 6. The molecule has 3 aliphatic heterocycles. The van der Waals surface area contributed by atoms with Crippen LogP contribution >= 0.6 is 10.0 Å². The zero-order chi connectivity index (χ0) is 53.5. The molecule has 6 aromatic rings. The number of rotatable bonds is 17. The third kappa shape index (κ3) is 10.8. The van der Waals surface area contributed by atoms with Crippen LogP contribution in [0.3, 0.4) is 0 Å². The molecule has 9 rings (SSSR count). The summed E-state index contributed by atoms with van der Waals surface area (Å²) in [5, 5.41) is 13.5. The number of aromatic nitrogens is 3. The summed E-state index contributed by atoms with van der Waals surface area (Å²) in [6.45, 7) is 9.73. The van der Waals surface area contributed by atoms with Crippen LogP contribution in [0.5, 0.6) is 5.75 Å². The Bertz CT molecular complexity index is 3150. The number of alkyl halides is 3. The molecule has 5 aromatic carbocycles. The second-order valence-electron chi connectivity index (χ2n) is 19.4. The maximum absolute atomic E-state index is 15.2. The molecule has 15 nitrogen and oxygen atoms in total. The molecule has 4 atom stereocenters. The van der Waals surface area contributed by atoms with E-state index in [4.69, 9.17) is 14.2 Å². The van der Waals surface area contributed by atoms with Crippen molar-refractivity contribution >= 4 is 42.6 Å². The predicted octanol–water partition coefficient (Wildman–Crippen LogP) is 9.45. The van der Waals surface area contributed by atoms with Crippen molar-refractivity contribution in [3.05, 3.63) is 156 Å². The SMILES string of the molecule is Cc1ccc(S(=O)(=O)NCCC2(C)CS(c3ccc(N4CCN(c5ccc(OC[C@H]6OC[C@](Cn7cncn7)(c7ccc(F)cc7F)O6)cc5)CC4)cc3)(c3ccc(C(F)(F)F)cc3)C(=O)N2C(C)C)cc1C(=O)O. The number of aryl methyl sites for hydroxylation is 1. The molecule has 3 saturated heterocycles. The summed E-state index contributed by atoms with van der Waals surface area (Å²) < 4.78 is 120. The number of benzene rings is 5. The Kier molecular flexibility index (Phi) is 14.8. The predicted molar refractivity (Wildman–Crippen MR) is 271 cm³/mol. The zero-order valence-electron chi connectivity index (χ0n) is 41.5. The van der Waals surface area contributed by atoms with Crippen LogP contribution in [0.1, 0.15) is 54.2 Å². The first kappa shape index (κ1) is 53.2. The summed E-state index contributed by atoms with van der Waals surface area (Å²) in [5.74, 6) is -2.00. The van der Waals surface area contributed by atoms with E-state index in [-0.39, 0.29) is 65.8 Å². The second kappa shape index (κ2) is 20.9. The van der Waals surface area contributed by atoms with Gasteiger partial charge in [-0.25, -0.2) is 36.4 Å². The van der Waals surface area contributed by atoms with Gasteiger partial charge >= 0.3 is 12.1 Å². The van der Waals surface area contributed by atoms with E-state index in [0.29, 0.717) is 47.3 Å². The number of sulfonamides is 1. The first-order valence-electron chi connectivity index (χ1n) is 24.2. The summed E-state index contributed by atoms with van der Waals surface area (Å²) in [6.07, 6.45) is -2.49. The Hall–Kier alpha value is -6.59. The number of amides is 1. The van der Waals surface area contributed by atoms with E-state index in [1.54, 1.807) is 11.8 Å². The lowest BCUT2D eigenvalue weighted by Gasteiger charge is -2.38. The van der Waals surface area contributed by atoms with E-state index in [1.807, 2.05) is 69.3 Å². The van der Waals surface area contributed by atoms with E-state index in [9.17, 15) is 35.9 Å². The van der Waals surface area contributed by atoms with E-state index >= 15 is 9.18 Å². The maximum atomic E-state index is 15.2. The highest BCUT2D eigenvalue weighted by Crippen LogP contribution is 2.71. The van der Waals surface area contributed by atoms with E-state index in [0.717, 1.165) is 41.7 Å². The van der Waals surface area contributed by atoms with Crippen molar-refractivity contribution in [3.8, 4) is 5.75 Å². The highest BCUT2D eigenvalue weighted by atomic mass is 32.3. The number of carbonyl (C=O) groups excluding carboxylic acids is 1. The van der Waals surface area contributed by atoms with Gasteiger partial charge in [0.1, 0.15) is 42.2 Å². The van der Waals surface area contributed by atoms with Crippen LogP contribution in [-0.2, 0) is 37.8 Å². The van der Waals surface area contributed by atoms with Crippen LogP contribution in [-0.4, -0.2) is 114 Å². The average molecular weight is 1080 g/mol. The quantitative estimate of drug-likeness (QED) is 0.0832. The topological polar surface area (TPSA) is 169 Å². The molecule has 0 aliphatic carbocycles. The molecule has 0 radical (unpaired) electrons. The summed E-state index contributed by atoms with van der Waals surface area (Å²) >= 11 is 0. The van der Waals surface area contributed by atoms with Crippen LogP contribution in [0, 0.1) is 18.6 Å². The third-order valence-corrected chi connectivity index (χ3v) is 19.5. The van der Waals surface area contributed by atoms with Gasteiger partial charge in [-0.3, -0.25) is 4.79 Å². The van der Waals surface area contributed by atoms with Crippen molar-refractivity contribution in [3.63, 3.8) is 0 Å². The van der Waals surface area contributed by atoms with Crippen molar-refractivity contribution in [2.75, 3.05) is 61.5 Å². The van der Waals surface area contributed by atoms with Crippen LogP contribution in [0.25, 0.3) is 0 Å². The number of anilines is 2. The van der Waals surface area contributed by atoms with Gasteiger partial charge in [0.15, 0.2) is 6.29 Å². The molecule has 3 aliphatic rings. The van der Waals surface area contributed by atoms with Crippen molar-refractivity contribution in [2.24, 2.45) is 0 Å². The Labute approximate surface area is 432 Å². The van der Waals surface area contributed by atoms with Gasteiger partial charge in [-0.05, 0) is 131 Å². The lowest BCUT2D eigenvalue weighted by molar-refractivity contribution is -0.137. The largest absolute Gasteiger partial charge is 0.488 e. The van der Waals surface area contributed by atoms with Crippen molar-refractivity contribution in [1.29, 1.82) is 0 Å². The molecular formula is C53H56F5N7O8S2. The van der Waals surface area contributed by atoms with E-state index in [1.165, 1.54) is 47.7 Å². The minimum Gasteiger partial charge on any atom is -0.488 e. The van der Waals surface area contributed by atoms with Crippen LogP contribution in [0.4, 0.5) is 38.1 Å². The average Bonchev–Trinajstić information content (AvgIpc) is 4.14. The summed E-state index contributed by atoms with van der Waals surface area (Å²) in [7, 11) is -6.91. The van der Waals surface area contributed by atoms with Gasteiger partial charge < -0.3 is 34.0 Å². The van der Waals surface area contributed by atoms with Crippen LogP contribution in [0.15, 0.2) is 137 Å². The number of aromatic carboxylic acids is 1. The zero-order valence-corrected chi connectivity index (χ0v) is 43.1. The summed E-state index contributed by atoms with van der Waals surface area (Å²) in [6, 6.07) is 26.8. The normalized spacial score (nSPS) is 23.2. The van der Waals surface area contributed by atoms with Gasteiger partial charge in [0.25, 0.3) is 5.24 Å². The minimum absolute atomic E-state index is 0.00652. The van der Waals surface area contributed by atoms with Crippen LogP contribution < -0.4 is 19.3 Å². The van der Waals surface area contributed by atoms with Gasteiger partial charge in [-0.15, -0.1) is 10.0 Å². The molecule has 398 valence electrons. The number of carboxylic acids is 1. The number of carbonyl (C=O) groups is 2. The Morgan fingerprint density at radius 2 is 1.53 bits per heavy atom. The van der Waals surface area contributed by atoms with Crippen LogP contribution in [0.2, 0.25) is 0 Å². The molecule has 0 saturated carbocycles. The standard InChI is InChI=1S/C53H56F5N7O8S2/c1-35(2)65-50(68)74(42-16-6-37(7-17-42)53(56,57)58,32-51(65,4)21-22-61-75(69,70)44-15-5-36(3)45(28-44)49(66)67)43-18-11-40(12-19-43)63-25-23-62(24-26-63)39-9-13-41(14-10-39)71-29-48-72-31-52(73-48,30-64-34-59-33-60-64)46-20-8-38(54)27-47(46)55/h5-20,27-28,33-35,48,61H,21-26,29-32H2,1-4H3,(H,66,67)/t48-,51?,52+/m0/s1. The fourth-order valence-corrected chi connectivity index (χ4v) is 15.7. The smallest absolute Gasteiger partial charge is 0.416 e. The number of piperazine rings is 1. The van der Waals surface area contributed by atoms with Gasteiger partial charge in [-0.2, -0.15) is 18.3 Å². The molecule has 1 aromatic heterocycles. The molecule has 2 N–H and O–H groups in total. The summed E-state index contributed by atoms with van der Waals surface area (Å²) in [4.78, 5) is 38.0. The van der Waals surface area contributed by atoms with Gasteiger partial charge in [0.05, 0.1) is 34.7 Å². The number of hydrogen-bond donors (Lipinski definition) is 2. The van der Waals surface area contributed by atoms with E-state index in [2.05, 4.69) is 24.6 Å². The fourth-order valence-electron chi connectivity index (χ4n) is 10.3. The number of nitrogens with one attached hydrogen (secondary N) is 1. The molecule has 75 heavy (non-hydrogen) atoms. The van der Waals surface area contributed by atoms with Gasteiger partial charge in [0.2, 0.25) is 10.0 Å².